The SMILES string of the molecule is CCOC(=O)c1c(NC(=O)Cn2nccc2C(=O)O)sc2c1CCCC2. The maximum absolute atomic E-state index is 12.4. The van der Waals surface area contributed by atoms with E-state index < -0.39 is 17.8 Å². The van der Waals surface area contributed by atoms with Gasteiger partial charge in [0.05, 0.1) is 12.2 Å². The highest BCUT2D eigenvalue weighted by atomic mass is 32.1. The number of rotatable bonds is 6. The minimum Gasteiger partial charge on any atom is -0.477 e. The third-order valence-electron chi connectivity index (χ3n) is 4.13. The molecule has 2 heterocycles. The lowest BCUT2D eigenvalue weighted by Crippen LogP contribution is -2.23. The van der Waals surface area contributed by atoms with Gasteiger partial charge in [0.1, 0.15) is 17.2 Å². The highest BCUT2D eigenvalue weighted by Crippen LogP contribution is 2.38. The second kappa shape index (κ2) is 7.69. The first kappa shape index (κ1) is 18.1. The van der Waals surface area contributed by atoms with Gasteiger partial charge in [-0.2, -0.15) is 5.10 Å². The molecule has 3 rings (SSSR count). The Morgan fingerprint density at radius 2 is 2.12 bits per heavy atom. The van der Waals surface area contributed by atoms with Crippen molar-refractivity contribution in [2.75, 3.05) is 11.9 Å². The van der Waals surface area contributed by atoms with Crippen molar-refractivity contribution in [3.8, 4) is 0 Å². The van der Waals surface area contributed by atoms with E-state index in [-0.39, 0.29) is 18.8 Å². The van der Waals surface area contributed by atoms with Gasteiger partial charge in [0.15, 0.2) is 0 Å². The van der Waals surface area contributed by atoms with E-state index in [2.05, 4.69) is 10.4 Å². The van der Waals surface area contributed by atoms with Crippen LogP contribution in [-0.2, 0) is 28.9 Å². The Labute approximate surface area is 153 Å². The zero-order valence-electron chi connectivity index (χ0n) is 14.3. The van der Waals surface area contributed by atoms with Crippen molar-refractivity contribution in [1.29, 1.82) is 0 Å². The van der Waals surface area contributed by atoms with Crippen LogP contribution in [0.15, 0.2) is 12.3 Å². The lowest BCUT2D eigenvalue weighted by Gasteiger charge is -2.12. The number of carboxylic acids is 1. The Kier molecular flexibility index (Phi) is 5.36. The summed E-state index contributed by atoms with van der Waals surface area (Å²) in [4.78, 5) is 37.0. The van der Waals surface area contributed by atoms with Crippen LogP contribution in [0.3, 0.4) is 0 Å². The Morgan fingerprint density at radius 3 is 2.85 bits per heavy atom. The fourth-order valence-corrected chi connectivity index (χ4v) is 4.31. The number of anilines is 1. The molecule has 1 aliphatic rings. The van der Waals surface area contributed by atoms with Gasteiger partial charge in [-0.25, -0.2) is 14.3 Å². The minimum atomic E-state index is -1.16. The molecule has 0 saturated carbocycles. The van der Waals surface area contributed by atoms with E-state index in [1.54, 1.807) is 6.92 Å². The summed E-state index contributed by atoms with van der Waals surface area (Å²) in [5, 5.41) is 16.1. The number of fused-ring (bicyclic) bond motifs is 1. The average molecular weight is 377 g/mol. The second-order valence-corrected chi connectivity index (χ2v) is 6.97. The largest absolute Gasteiger partial charge is 0.477 e. The van der Waals surface area contributed by atoms with Crippen molar-refractivity contribution in [2.45, 2.75) is 39.2 Å². The molecule has 1 amide bonds. The number of nitrogens with zero attached hydrogens (tertiary/aromatic N) is 2. The predicted molar refractivity (Wildman–Crippen MR) is 94.7 cm³/mol. The van der Waals surface area contributed by atoms with E-state index in [0.717, 1.165) is 40.8 Å². The van der Waals surface area contributed by atoms with E-state index in [1.807, 2.05) is 0 Å². The summed E-state index contributed by atoms with van der Waals surface area (Å²) < 4.78 is 6.26. The molecule has 8 nitrogen and oxygen atoms in total. The van der Waals surface area contributed by atoms with Crippen molar-refractivity contribution < 1.29 is 24.2 Å². The summed E-state index contributed by atoms with van der Waals surface area (Å²) in [6.07, 6.45) is 5.05. The molecule has 1 aliphatic carbocycles. The predicted octanol–water partition coefficient (Wildman–Crippen LogP) is 2.34. The van der Waals surface area contributed by atoms with Gasteiger partial charge in [-0.3, -0.25) is 4.79 Å². The molecule has 0 radical (unpaired) electrons. The van der Waals surface area contributed by atoms with Crippen LogP contribution in [0, 0.1) is 0 Å². The molecule has 0 atom stereocenters. The Morgan fingerprint density at radius 1 is 1.35 bits per heavy atom. The summed E-state index contributed by atoms with van der Waals surface area (Å²) in [6, 6.07) is 1.32. The minimum absolute atomic E-state index is 0.0729. The monoisotopic (exact) mass is 377 g/mol. The van der Waals surface area contributed by atoms with Crippen LogP contribution in [0.1, 0.15) is 51.1 Å². The number of aryl methyl sites for hydroxylation is 1. The molecule has 2 aromatic heterocycles. The molecule has 2 aromatic rings. The molecular formula is C17H19N3O5S. The Hall–Kier alpha value is -2.68. The highest BCUT2D eigenvalue weighted by molar-refractivity contribution is 7.17. The molecule has 0 spiro atoms. The smallest absolute Gasteiger partial charge is 0.354 e. The third kappa shape index (κ3) is 3.62. The molecule has 138 valence electrons. The first-order valence-electron chi connectivity index (χ1n) is 8.37. The van der Waals surface area contributed by atoms with Crippen molar-refractivity contribution in [3.63, 3.8) is 0 Å². The Balaban J connectivity index is 1.83. The Bertz CT molecular complexity index is 855. The molecule has 0 fully saturated rings. The van der Waals surface area contributed by atoms with E-state index in [1.165, 1.54) is 23.6 Å². The van der Waals surface area contributed by atoms with Gasteiger partial charge in [-0.15, -0.1) is 11.3 Å². The topological polar surface area (TPSA) is 111 Å². The first-order valence-corrected chi connectivity index (χ1v) is 9.19. The van der Waals surface area contributed by atoms with Gasteiger partial charge in [0.25, 0.3) is 0 Å². The van der Waals surface area contributed by atoms with Gasteiger partial charge < -0.3 is 15.2 Å². The standard InChI is InChI=1S/C17H19N3O5S/c1-2-25-17(24)14-10-5-3-4-6-12(10)26-15(14)19-13(21)9-20-11(16(22)23)7-8-18-20/h7-8H,2-6,9H2,1H3,(H,19,21)(H,22,23). The van der Waals surface area contributed by atoms with Crippen LogP contribution >= 0.6 is 11.3 Å². The number of aromatic carboxylic acids is 1. The number of aromatic nitrogens is 2. The van der Waals surface area contributed by atoms with Crippen molar-refractivity contribution in [2.24, 2.45) is 0 Å². The maximum atomic E-state index is 12.4. The summed E-state index contributed by atoms with van der Waals surface area (Å²) in [5.74, 6) is -2.04. The lowest BCUT2D eigenvalue weighted by atomic mass is 9.95. The van der Waals surface area contributed by atoms with Gasteiger partial charge in [0.2, 0.25) is 5.91 Å². The number of carboxylic acid groups (broad SMARTS) is 1. The number of thiophene rings is 1. The van der Waals surface area contributed by atoms with Crippen LogP contribution in [0.25, 0.3) is 0 Å². The average Bonchev–Trinajstić information content (AvgIpc) is 3.18. The number of ether oxygens (including phenoxy) is 1. The number of carbonyl (C=O) groups is 3. The number of carbonyl (C=O) groups excluding carboxylic acids is 2. The van der Waals surface area contributed by atoms with Crippen LogP contribution < -0.4 is 5.32 Å². The second-order valence-electron chi connectivity index (χ2n) is 5.86. The van der Waals surface area contributed by atoms with Crippen LogP contribution in [0.2, 0.25) is 0 Å². The molecule has 26 heavy (non-hydrogen) atoms. The molecule has 0 bridgehead atoms. The van der Waals surface area contributed by atoms with E-state index >= 15 is 0 Å². The summed E-state index contributed by atoms with van der Waals surface area (Å²) in [5.41, 5.74) is 1.32. The number of amides is 1. The van der Waals surface area contributed by atoms with Crippen molar-refractivity contribution in [1.82, 2.24) is 9.78 Å². The highest BCUT2D eigenvalue weighted by Gasteiger charge is 2.27. The van der Waals surface area contributed by atoms with Crippen molar-refractivity contribution >= 4 is 34.2 Å². The maximum Gasteiger partial charge on any atom is 0.354 e. The van der Waals surface area contributed by atoms with Gasteiger partial charge in [-0.1, -0.05) is 0 Å². The van der Waals surface area contributed by atoms with Crippen LogP contribution in [-0.4, -0.2) is 39.3 Å². The third-order valence-corrected chi connectivity index (χ3v) is 5.34. The number of hydrogen-bond acceptors (Lipinski definition) is 6. The number of nitrogens with one attached hydrogen (secondary N) is 1. The van der Waals surface area contributed by atoms with E-state index in [4.69, 9.17) is 9.84 Å². The molecule has 9 heteroatoms. The summed E-state index contributed by atoms with van der Waals surface area (Å²) in [7, 11) is 0. The fraction of sp³-hybridized carbons (Fsp3) is 0.412. The van der Waals surface area contributed by atoms with E-state index in [0.29, 0.717) is 10.6 Å². The van der Waals surface area contributed by atoms with Crippen LogP contribution in [0.4, 0.5) is 5.00 Å². The molecule has 0 saturated heterocycles. The molecule has 0 aromatic carbocycles. The van der Waals surface area contributed by atoms with Gasteiger partial charge in [-0.05, 0) is 44.2 Å². The normalized spacial score (nSPS) is 13.1. The van der Waals surface area contributed by atoms with Crippen LogP contribution in [0.5, 0.6) is 0 Å². The zero-order valence-corrected chi connectivity index (χ0v) is 15.1. The molecular weight excluding hydrogens is 358 g/mol. The molecule has 0 aliphatic heterocycles. The number of esters is 1. The van der Waals surface area contributed by atoms with Gasteiger partial charge in [0, 0.05) is 11.1 Å². The molecule has 2 N–H and O–H groups in total. The van der Waals surface area contributed by atoms with Gasteiger partial charge >= 0.3 is 11.9 Å². The van der Waals surface area contributed by atoms with E-state index in [9.17, 15) is 14.4 Å². The fourth-order valence-electron chi connectivity index (χ4n) is 3.02. The number of hydrogen-bond donors (Lipinski definition) is 2. The quantitative estimate of drug-likeness (QED) is 0.748. The zero-order chi connectivity index (χ0) is 18.7. The first-order chi connectivity index (χ1) is 12.5. The molecule has 0 unspecified atom stereocenters. The summed E-state index contributed by atoms with van der Waals surface area (Å²) in [6.45, 7) is 1.74. The van der Waals surface area contributed by atoms with Crippen molar-refractivity contribution in [3.05, 3.63) is 34.0 Å². The summed E-state index contributed by atoms with van der Waals surface area (Å²) >= 11 is 1.39. The lowest BCUT2D eigenvalue weighted by molar-refractivity contribution is -0.116.